The minimum Gasteiger partial charge on any atom is -0.494 e. The zero-order valence-corrected chi connectivity index (χ0v) is 17.8. The van der Waals surface area contributed by atoms with Gasteiger partial charge in [0.15, 0.2) is 5.82 Å². The van der Waals surface area contributed by atoms with Gasteiger partial charge in [-0.05, 0) is 36.8 Å². The third-order valence-electron chi connectivity index (χ3n) is 5.93. The Balaban J connectivity index is 1.30. The molecule has 6 heteroatoms. The maximum atomic E-state index is 5.68. The fraction of sp³-hybridized carbons (Fsp3) is 0.280. The first kappa shape index (κ1) is 19.6. The molecule has 2 N–H and O–H groups in total. The standard InChI is InChI=1S/C25H27N5O/c1-2-31-20-10-11-22-21(17-20)23-24(28-22)25(27-18-26-23)30-15-13-29(14-16-30)12-6-9-19-7-4-3-5-8-19/h3-11,17-18,28H,2,12-16H2,1H3/p+1/b9-6+. The van der Waals surface area contributed by atoms with Crippen molar-refractivity contribution in [2.24, 2.45) is 0 Å². The number of H-pyrrole nitrogens is 1. The van der Waals surface area contributed by atoms with Gasteiger partial charge >= 0.3 is 0 Å². The lowest BCUT2D eigenvalue weighted by atomic mass is 10.2. The van der Waals surface area contributed by atoms with E-state index < -0.39 is 0 Å². The van der Waals surface area contributed by atoms with Gasteiger partial charge < -0.3 is 19.5 Å². The van der Waals surface area contributed by atoms with Crippen molar-refractivity contribution in [2.75, 3.05) is 44.2 Å². The summed E-state index contributed by atoms with van der Waals surface area (Å²) in [6.45, 7) is 7.87. The van der Waals surface area contributed by atoms with Gasteiger partial charge in [0.2, 0.25) is 0 Å². The van der Waals surface area contributed by atoms with Crippen LogP contribution in [-0.4, -0.2) is 54.3 Å². The summed E-state index contributed by atoms with van der Waals surface area (Å²) in [6, 6.07) is 16.6. The smallest absolute Gasteiger partial charge is 0.156 e. The number of nitrogens with zero attached hydrogens (tertiary/aromatic N) is 3. The molecule has 0 atom stereocenters. The molecule has 6 nitrogen and oxygen atoms in total. The first-order valence-corrected chi connectivity index (χ1v) is 11.0. The second kappa shape index (κ2) is 8.78. The minimum absolute atomic E-state index is 0.654. The molecule has 2 aromatic heterocycles. The van der Waals surface area contributed by atoms with Gasteiger partial charge in [0.25, 0.3) is 0 Å². The second-order valence-corrected chi connectivity index (χ2v) is 7.94. The van der Waals surface area contributed by atoms with Crippen LogP contribution in [0.25, 0.3) is 28.0 Å². The number of anilines is 1. The predicted octanol–water partition coefficient (Wildman–Crippen LogP) is 2.93. The highest BCUT2D eigenvalue weighted by Gasteiger charge is 2.23. The Morgan fingerprint density at radius 1 is 1.10 bits per heavy atom. The molecule has 0 radical (unpaired) electrons. The van der Waals surface area contributed by atoms with Crippen molar-refractivity contribution < 1.29 is 9.64 Å². The Labute approximate surface area is 182 Å². The zero-order chi connectivity index (χ0) is 21.0. The van der Waals surface area contributed by atoms with E-state index in [1.165, 1.54) is 5.56 Å². The van der Waals surface area contributed by atoms with Crippen LogP contribution in [0, 0.1) is 0 Å². The number of nitrogens with one attached hydrogen (secondary N) is 2. The molecule has 5 rings (SSSR count). The van der Waals surface area contributed by atoms with Crippen molar-refractivity contribution in [2.45, 2.75) is 6.92 Å². The molecule has 4 aromatic rings. The van der Waals surface area contributed by atoms with Crippen LogP contribution < -0.4 is 14.5 Å². The van der Waals surface area contributed by atoms with E-state index in [4.69, 9.17) is 4.74 Å². The van der Waals surface area contributed by atoms with E-state index in [1.54, 1.807) is 11.2 Å². The summed E-state index contributed by atoms with van der Waals surface area (Å²) in [5.74, 6) is 1.87. The van der Waals surface area contributed by atoms with Gasteiger partial charge in [-0.1, -0.05) is 36.4 Å². The Hall–Kier alpha value is -3.38. The Kier molecular flexibility index (Phi) is 5.54. The monoisotopic (exact) mass is 414 g/mol. The quantitative estimate of drug-likeness (QED) is 0.509. The molecule has 2 aromatic carbocycles. The van der Waals surface area contributed by atoms with Crippen LogP contribution in [0.2, 0.25) is 0 Å². The van der Waals surface area contributed by atoms with Crippen LogP contribution in [0.4, 0.5) is 5.82 Å². The highest BCUT2D eigenvalue weighted by atomic mass is 16.5. The van der Waals surface area contributed by atoms with Crippen LogP contribution in [0.5, 0.6) is 5.75 Å². The van der Waals surface area contributed by atoms with Gasteiger partial charge in [0.1, 0.15) is 23.1 Å². The lowest BCUT2D eigenvalue weighted by Crippen LogP contribution is -3.14. The number of aromatic nitrogens is 3. The summed E-state index contributed by atoms with van der Waals surface area (Å²) in [4.78, 5) is 16.7. The minimum atomic E-state index is 0.654. The molecule has 0 saturated carbocycles. The first-order chi connectivity index (χ1) is 15.3. The summed E-state index contributed by atoms with van der Waals surface area (Å²) in [5, 5.41) is 1.08. The second-order valence-electron chi connectivity index (χ2n) is 7.94. The highest BCUT2D eigenvalue weighted by molar-refractivity contribution is 6.08. The molecule has 1 fully saturated rings. The van der Waals surface area contributed by atoms with E-state index >= 15 is 0 Å². The summed E-state index contributed by atoms with van der Waals surface area (Å²) in [7, 11) is 0. The average Bonchev–Trinajstić information content (AvgIpc) is 3.19. The summed E-state index contributed by atoms with van der Waals surface area (Å²) >= 11 is 0. The van der Waals surface area contributed by atoms with Gasteiger partial charge in [-0.3, -0.25) is 0 Å². The Morgan fingerprint density at radius 2 is 1.94 bits per heavy atom. The SMILES string of the molecule is CCOc1ccc2[nH]c3c(N4CC[NH+](C/C=C/c5ccccc5)CC4)ncnc3c2c1. The van der Waals surface area contributed by atoms with Crippen LogP contribution in [0.15, 0.2) is 60.9 Å². The Morgan fingerprint density at radius 3 is 2.74 bits per heavy atom. The van der Waals surface area contributed by atoms with E-state index in [0.717, 1.165) is 66.2 Å². The predicted molar refractivity (Wildman–Crippen MR) is 126 cm³/mol. The fourth-order valence-electron chi connectivity index (χ4n) is 4.32. The molecule has 0 amide bonds. The summed E-state index contributed by atoms with van der Waals surface area (Å²) in [6.07, 6.45) is 6.19. The fourth-order valence-corrected chi connectivity index (χ4v) is 4.32. The van der Waals surface area contributed by atoms with Crippen molar-refractivity contribution in [3.8, 4) is 5.75 Å². The van der Waals surface area contributed by atoms with Crippen molar-refractivity contribution in [1.82, 2.24) is 15.0 Å². The number of aromatic amines is 1. The average molecular weight is 415 g/mol. The molecule has 31 heavy (non-hydrogen) atoms. The normalized spacial score (nSPS) is 15.3. The third kappa shape index (κ3) is 4.11. The maximum absolute atomic E-state index is 5.68. The molecule has 1 aliphatic heterocycles. The van der Waals surface area contributed by atoms with Crippen LogP contribution in [0.1, 0.15) is 12.5 Å². The van der Waals surface area contributed by atoms with E-state index in [9.17, 15) is 0 Å². The van der Waals surface area contributed by atoms with Crippen molar-refractivity contribution >= 4 is 33.8 Å². The van der Waals surface area contributed by atoms with E-state index in [-0.39, 0.29) is 0 Å². The van der Waals surface area contributed by atoms with Crippen molar-refractivity contribution in [1.29, 1.82) is 0 Å². The van der Waals surface area contributed by atoms with Gasteiger partial charge in [-0.25, -0.2) is 9.97 Å². The van der Waals surface area contributed by atoms with Crippen LogP contribution in [-0.2, 0) is 0 Å². The lowest BCUT2D eigenvalue weighted by molar-refractivity contribution is -0.894. The summed E-state index contributed by atoms with van der Waals surface area (Å²) < 4.78 is 5.68. The first-order valence-electron chi connectivity index (χ1n) is 11.0. The topological polar surface area (TPSA) is 58.5 Å². The number of rotatable bonds is 6. The van der Waals surface area contributed by atoms with E-state index in [2.05, 4.69) is 74.5 Å². The van der Waals surface area contributed by atoms with Gasteiger partial charge in [-0.2, -0.15) is 0 Å². The Bertz CT molecular complexity index is 1190. The molecule has 0 bridgehead atoms. The zero-order valence-electron chi connectivity index (χ0n) is 17.8. The molecular weight excluding hydrogens is 386 g/mol. The van der Waals surface area contributed by atoms with Crippen molar-refractivity contribution in [3.05, 3.63) is 66.5 Å². The van der Waals surface area contributed by atoms with E-state index in [1.807, 2.05) is 13.0 Å². The molecule has 0 aliphatic carbocycles. The summed E-state index contributed by atoms with van der Waals surface area (Å²) in [5.41, 5.74) is 4.30. The van der Waals surface area contributed by atoms with Gasteiger partial charge in [0.05, 0.1) is 39.3 Å². The molecular formula is C25H28N5O+. The molecule has 0 unspecified atom stereocenters. The number of hydrogen-bond donors (Lipinski definition) is 2. The largest absolute Gasteiger partial charge is 0.494 e. The third-order valence-corrected chi connectivity index (χ3v) is 5.93. The van der Waals surface area contributed by atoms with E-state index in [0.29, 0.717) is 6.61 Å². The number of benzene rings is 2. The number of fused-ring (bicyclic) bond motifs is 3. The molecule has 3 heterocycles. The number of ether oxygens (including phenoxy) is 1. The molecule has 1 saturated heterocycles. The van der Waals surface area contributed by atoms with Gasteiger partial charge in [-0.15, -0.1) is 0 Å². The van der Waals surface area contributed by atoms with Gasteiger partial charge in [0, 0.05) is 10.9 Å². The van der Waals surface area contributed by atoms with Crippen LogP contribution in [0.3, 0.4) is 0 Å². The number of hydrogen-bond acceptors (Lipinski definition) is 4. The number of piperazine rings is 1. The lowest BCUT2D eigenvalue weighted by Gasteiger charge is -2.32. The molecule has 158 valence electrons. The molecule has 0 spiro atoms. The molecule has 1 aliphatic rings. The highest BCUT2D eigenvalue weighted by Crippen LogP contribution is 2.31. The maximum Gasteiger partial charge on any atom is 0.156 e. The number of quaternary nitrogens is 1. The van der Waals surface area contributed by atoms with Crippen molar-refractivity contribution in [3.63, 3.8) is 0 Å². The van der Waals surface area contributed by atoms with Crippen LogP contribution >= 0.6 is 0 Å².